The van der Waals surface area contributed by atoms with Crippen molar-refractivity contribution in [1.29, 1.82) is 0 Å². The van der Waals surface area contributed by atoms with Gasteiger partial charge in [-0.15, -0.1) is 0 Å². The van der Waals surface area contributed by atoms with Crippen LogP contribution in [0.5, 0.6) is 11.5 Å². The first-order chi connectivity index (χ1) is 12.2. The lowest BCUT2D eigenvalue weighted by Crippen LogP contribution is -2.24. The van der Waals surface area contributed by atoms with Crippen molar-refractivity contribution in [1.82, 2.24) is 0 Å². The molecule has 1 heterocycles. The van der Waals surface area contributed by atoms with Crippen molar-refractivity contribution >= 4 is 7.12 Å². The minimum Gasteiger partial charge on any atom is -0.493 e. The maximum absolute atomic E-state index is 9.60. The van der Waals surface area contributed by atoms with Crippen LogP contribution in [0.1, 0.15) is 30.7 Å². The molecule has 1 aliphatic carbocycles. The molecule has 0 amide bonds. The SMILES string of the molecule is COc1ccc(-c2cccc([C@@H]3COB(O)C3)c2)cc1OC1CCC1. The molecule has 4 nitrogen and oxygen atoms in total. The normalized spacial score (nSPS) is 20.4. The van der Waals surface area contributed by atoms with Gasteiger partial charge in [0.15, 0.2) is 11.5 Å². The van der Waals surface area contributed by atoms with E-state index in [1.807, 2.05) is 6.07 Å². The zero-order valence-corrected chi connectivity index (χ0v) is 14.5. The van der Waals surface area contributed by atoms with Gasteiger partial charge in [0.05, 0.1) is 13.2 Å². The van der Waals surface area contributed by atoms with Gasteiger partial charge in [-0.05, 0) is 54.4 Å². The summed E-state index contributed by atoms with van der Waals surface area (Å²) in [6.45, 7) is 0.573. The van der Waals surface area contributed by atoms with Crippen molar-refractivity contribution < 1.29 is 19.2 Å². The Labute approximate surface area is 148 Å². The van der Waals surface area contributed by atoms with Crippen molar-refractivity contribution in [2.24, 2.45) is 0 Å². The summed E-state index contributed by atoms with van der Waals surface area (Å²) < 4.78 is 16.9. The van der Waals surface area contributed by atoms with Gasteiger partial charge in [0.2, 0.25) is 0 Å². The second-order valence-electron chi connectivity index (χ2n) is 6.88. The highest BCUT2D eigenvalue weighted by Gasteiger charge is 2.29. The fourth-order valence-corrected chi connectivity index (χ4v) is 3.43. The zero-order chi connectivity index (χ0) is 17.2. The molecule has 0 spiro atoms. The van der Waals surface area contributed by atoms with E-state index in [2.05, 4.69) is 36.4 Å². The zero-order valence-electron chi connectivity index (χ0n) is 14.5. The molecule has 2 aromatic rings. The first kappa shape index (κ1) is 16.5. The molecule has 5 heteroatoms. The van der Waals surface area contributed by atoms with Crippen LogP contribution >= 0.6 is 0 Å². The summed E-state index contributed by atoms with van der Waals surface area (Å²) in [5.74, 6) is 1.84. The molecule has 1 atom stereocenters. The molecule has 2 fully saturated rings. The van der Waals surface area contributed by atoms with Crippen LogP contribution in [0.25, 0.3) is 11.1 Å². The van der Waals surface area contributed by atoms with Crippen LogP contribution in [0, 0.1) is 0 Å². The highest BCUT2D eigenvalue weighted by Crippen LogP contribution is 2.37. The van der Waals surface area contributed by atoms with Crippen LogP contribution in [0.15, 0.2) is 42.5 Å². The predicted octanol–water partition coefficient (Wildman–Crippen LogP) is 3.89. The molecule has 2 aliphatic rings. The Balaban J connectivity index is 1.61. The summed E-state index contributed by atoms with van der Waals surface area (Å²) >= 11 is 0. The number of methoxy groups -OCH3 is 1. The Morgan fingerprint density at radius 1 is 1.08 bits per heavy atom. The molecular formula is C20H23BO4. The van der Waals surface area contributed by atoms with E-state index >= 15 is 0 Å². The van der Waals surface area contributed by atoms with Crippen LogP contribution < -0.4 is 9.47 Å². The first-order valence-corrected chi connectivity index (χ1v) is 8.97. The van der Waals surface area contributed by atoms with Crippen LogP contribution in [-0.4, -0.2) is 32.0 Å². The fraction of sp³-hybridized carbons (Fsp3) is 0.400. The minimum absolute atomic E-state index is 0.249. The van der Waals surface area contributed by atoms with Crippen molar-refractivity contribution in [2.45, 2.75) is 37.6 Å². The van der Waals surface area contributed by atoms with E-state index in [4.69, 9.17) is 14.1 Å². The van der Waals surface area contributed by atoms with Gasteiger partial charge >= 0.3 is 7.12 Å². The largest absolute Gasteiger partial charge is 0.493 e. The third kappa shape index (κ3) is 3.53. The molecular weight excluding hydrogens is 315 g/mol. The van der Waals surface area contributed by atoms with Crippen LogP contribution in [0.2, 0.25) is 6.32 Å². The molecule has 130 valence electrons. The Morgan fingerprint density at radius 2 is 1.92 bits per heavy atom. The maximum atomic E-state index is 9.60. The van der Waals surface area contributed by atoms with Gasteiger partial charge in [-0.2, -0.15) is 0 Å². The summed E-state index contributed by atoms with van der Waals surface area (Å²) in [7, 11) is 1.03. The first-order valence-electron chi connectivity index (χ1n) is 8.97. The van der Waals surface area contributed by atoms with Gasteiger partial charge in [0.25, 0.3) is 0 Å². The molecule has 0 aromatic heterocycles. The van der Waals surface area contributed by atoms with Gasteiger partial charge in [-0.25, -0.2) is 0 Å². The predicted molar refractivity (Wildman–Crippen MR) is 98.2 cm³/mol. The molecule has 0 unspecified atom stereocenters. The van der Waals surface area contributed by atoms with E-state index in [0.29, 0.717) is 19.0 Å². The average Bonchev–Trinajstić information content (AvgIpc) is 3.04. The number of rotatable bonds is 5. The Hall–Kier alpha value is -1.98. The summed E-state index contributed by atoms with van der Waals surface area (Å²) in [6, 6.07) is 14.5. The third-order valence-electron chi connectivity index (χ3n) is 5.18. The van der Waals surface area contributed by atoms with Crippen molar-refractivity contribution in [2.75, 3.05) is 13.7 Å². The number of benzene rings is 2. The smallest absolute Gasteiger partial charge is 0.454 e. The van der Waals surface area contributed by atoms with Crippen molar-refractivity contribution in [3.63, 3.8) is 0 Å². The fourth-order valence-electron chi connectivity index (χ4n) is 3.43. The van der Waals surface area contributed by atoms with E-state index in [1.54, 1.807) is 7.11 Å². The average molecular weight is 338 g/mol. The van der Waals surface area contributed by atoms with Gasteiger partial charge in [0, 0.05) is 12.5 Å². The summed E-state index contributed by atoms with van der Waals surface area (Å²) in [5, 5.41) is 9.60. The molecule has 1 aliphatic heterocycles. The van der Waals surface area contributed by atoms with Crippen LogP contribution in [0.3, 0.4) is 0 Å². The molecule has 1 saturated carbocycles. The van der Waals surface area contributed by atoms with E-state index in [0.717, 1.165) is 35.5 Å². The lowest BCUT2D eigenvalue weighted by molar-refractivity contribution is 0.116. The molecule has 1 saturated heterocycles. The van der Waals surface area contributed by atoms with Crippen LogP contribution in [0.4, 0.5) is 0 Å². The third-order valence-corrected chi connectivity index (χ3v) is 5.18. The number of hydrogen-bond acceptors (Lipinski definition) is 4. The quantitative estimate of drug-likeness (QED) is 0.841. The van der Waals surface area contributed by atoms with E-state index < -0.39 is 7.12 Å². The standard InChI is InChI=1S/C20H23BO4/c1-23-19-9-8-16(11-20(19)25-18-6-3-7-18)14-4-2-5-15(10-14)17-12-21(22)24-13-17/h2,4-5,8-11,17-18,22H,3,6-7,12-13H2,1H3/t17-/m0/s1. The lowest BCUT2D eigenvalue weighted by atomic mass is 9.79. The van der Waals surface area contributed by atoms with Crippen LogP contribution in [-0.2, 0) is 4.65 Å². The second-order valence-corrected chi connectivity index (χ2v) is 6.88. The molecule has 25 heavy (non-hydrogen) atoms. The number of ether oxygens (including phenoxy) is 2. The van der Waals surface area contributed by atoms with E-state index in [-0.39, 0.29) is 5.92 Å². The van der Waals surface area contributed by atoms with Gasteiger partial charge in [-0.3, -0.25) is 0 Å². The van der Waals surface area contributed by atoms with E-state index in [1.165, 1.54) is 12.0 Å². The highest BCUT2D eigenvalue weighted by atomic mass is 16.5. The van der Waals surface area contributed by atoms with Gasteiger partial charge in [0.1, 0.15) is 0 Å². The summed E-state index contributed by atoms with van der Waals surface area (Å²) in [5.41, 5.74) is 3.45. The Kier molecular flexibility index (Phi) is 4.68. The Morgan fingerprint density at radius 3 is 2.60 bits per heavy atom. The highest BCUT2D eigenvalue weighted by molar-refractivity contribution is 6.43. The van der Waals surface area contributed by atoms with Gasteiger partial charge in [-0.1, -0.05) is 30.3 Å². The number of hydrogen-bond donors (Lipinski definition) is 1. The topological polar surface area (TPSA) is 47.9 Å². The minimum atomic E-state index is -0.642. The molecule has 1 N–H and O–H groups in total. The summed E-state index contributed by atoms with van der Waals surface area (Å²) in [6.07, 6.45) is 4.44. The lowest BCUT2D eigenvalue weighted by Gasteiger charge is -2.27. The molecule has 0 radical (unpaired) electrons. The second kappa shape index (κ2) is 7.10. The molecule has 2 aromatic carbocycles. The van der Waals surface area contributed by atoms with Gasteiger partial charge < -0.3 is 19.2 Å². The van der Waals surface area contributed by atoms with Crippen molar-refractivity contribution in [3.8, 4) is 22.6 Å². The van der Waals surface area contributed by atoms with E-state index in [9.17, 15) is 5.02 Å². The summed E-state index contributed by atoms with van der Waals surface area (Å²) in [4.78, 5) is 0. The Bertz CT molecular complexity index is 744. The maximum Gasteiger partial charge on any atom is 0.454 e. The molecule has 0 bridgehead atoms. The van der Waals surface area contributed by atoms with Crippen molar-refractivity contribution in [3.05, 3.63) is 48.0 Å². The molecule has 4 rings (SSSR count). The monoisotopic (exact) mass is 338 g/mol.